The minimum atomic E-state index is -0.634. The maximum atomic E-state index is 12.1. The lowest BCUT2D eigenvalue weighted by molar-refractivity contribution is 0.256. The Labute approximate surface area is 147 Å². The molecule has 0 spiro atoms. The fourth-order valence-electron chi connectivity index (χ4n) is 2.53. The van der Waals surface area contributed by atoms with Crippen LogP contribution in [-0.2, 0) is 0 Å². The molecule has 0 saturated carbocycles. The highest BCUT2D eigenvalue weighted by Gasteiger charge is 2.23. The molecule has 2 amide bonds. The number of carbonyl (C=O) groups excluding carboxylic acids is 1. The Morgan fingerprint density at radius 2 is 2.21 bits per heavy atom. The lowest BCUT2D eigenvalue weighted by Gasteiger charge is -2.27. The maximum absolute atomic E-state index is 12.1. The van der Waals surface area contributed by atoms with Crippen molar-refractivity contribution in [2.45, 2.75) is 19.8 Å². The SMILES string of the molecule is CN=C(NC1=NCCCCN1C)N(C(N)=O)c1ccc(Cl)cc1C. The van der Waals surface area contributed by atoms with Crippen LogP contribution in [0.15, 0.2) is 28.2 Å². The molecule has 0 radical (unpaired) electrons. The second-order valence-corrected chi connectivity index (χ2v) is 6.05. The number of hydrogen-bond donors (Lipinski definition) is 2. The molecule has 0 aromatic heterocycles. The third kappa shape index (κ3) is 4.17. The van der Waals surface area contributed by atoms with Crippen molar-refractivity contribution in [2.75, 3.05) is 32.1 Å². The third-order valence-corrected chi connectivity index (χ3v) is 4.03. The zero-order valence-corrected chi connectivity index (χ0v) is 15.0. The number of aryl methyl sites for hydroxylation is 1. The van der Waals surface area contributed by atoms with Gasteiger partial charge in [0, 0.05) is 32.2 Å². The molecule has 1 aliphatic rings. The first-order valence-electron chi connectivity index (χ1n) is 7.79. The number of urea groups is 1. The molecule has 8 heteroatoms. The topological polar surface area (TPSA) is 86.3 Å². The molecular formula is C16H23ClN6O. The van der Waals surface area contributed by atoms with Crippen LogP contribution in [0, 0.1) is 6.92 Å². The number of nitrogens with two attached hydrogens (primary N) is 1. The monoisotopic (exact) mass is 350 g/mol. The van der Waals surface area contributed by atoms with Crippen molar-refractivity contribution in [1.82, 2.24) is 10.2 Å². The largest absolute Gasteiger partial charge is 0.351 e. The number of hydrogen-bond acceptors (Lipinski definition) is 4. The van der Waals surface area contributed by atoms with Gasteiger partial charge in [-0.1, -0.05) is 11.6 Å². The molecule has 130 valence electrons. The fourth-order valence-corrected chi connectivity index (χ4v) is 2.75. The number of rotatable bonds is 1. The molecule has 1 heterocycles. The quantitative estimate of drug-likeness (QED) is 0.601. The average Bonchev–Trinajstić information content (AvgIpc) is 2.73. The average molecular weight is 351 g/mol. The van der Waals surface area contributed by atoms with E-state index in [-0.39, 0.29) is 0 Å². The zero-order valence-electron chi connectivity index (χ0n) is 14.2. The summed E-state index contributed by atoms with van der Waals surface area (Å²) in [6, 6.07) is 4.59. The Kier molecular flexibility index (Phi) is 6.03. The lowest BCUT2D eigenvalue weighted by Crippen LogP contribution is -2.53. The van der Waals surface area contributed by atoms with Gasteiger partial charge < -0.3 is 10.6 Å². The van der Waals surface area contributed by atoms with Crippen LogP contribution in [0.5, 0.6) is 0 Å². The number of nitrogens with one attached hydrogen (secondary N) is 1. The summed E-state index contributed by atoms with van der Waals surface area (Å²) >= 11 is 6.00. The molecule has 3 N–H and O–H groups in total. The predicted molar refractivity (Wildman–Crippen MR) is 98.9 cm³/mol. The summed E-state index contributed by atoms with van der Waals surface area (Å²) in [5.41, 5.74) is 7.04. The molecule has 2 rings (SSSR count). The normalized spacial score (nSPS) is 15.6. The van der Waals surface area contributed by atoms with Crippen molar-refractivity contribution in [3.63, 3.8) is 0 Å². The number of carbonyl (C=O) groups is 1. The molecule has 0 atom stereocenters. The van der Waals surface area contributed by atoms with Gasteiger partial charge in [0.05, 0.1) is 5.69 Å². The van der Waals surface area contributed by atoms with Crippen LogP contribution in [-0.4, -0.2) is 50.0 Å². The first-order chi connectivity index (χ1) is 11.4. The Balaban J connectivity index is 2.34. The zero-order chi connectivity index (χ0) is 17.7. The Hall–Kier alpha value is -2.28. The van der Waals surface area contributed by atoms with Crippen molar-refractivity contribution >= 4 is 35.2 Å². The number of amides is 2. The van der Waals surface area contributed by atoms with Crippen molar-refractivity contribution < 1.29 is 4.79 Å². The standard InChI is InChI=1S/C16H23ClN6O/c1-11-10-12(17)6-7-13(11)23(14(18)24)15(19-2)21-16-20-8-4-5-9-22(16)3/h6-7,10H,4-5,8-9H2,1-3H3,(H2,18,24)(H,19,20,21). The summed E-state index contributed by atoms with van der Waals surface area (Å²) in [6.45, 7) is 3.49. The highest BCUT2D eigenvalue weighted by atomic mass is 35.5. The minimum absolute atomic E-state index is 0.320. The van der Waals surface area contributed by atoms with Gasteiger partial charge in [-0.3, -0.25) is 15.3 Å². The highest BCUT2D eigenvalue weighted by molar-refractivity contribution is 6.31. The highest BCUT2D eigenvalue weighted by Crippen LogP contribution is 2.23. The third-order valence-electron chi connectivity index (χ3n) is 3.79. The van der Waals surface area contributed by atoms with Gasteiger partial charge >= 0.3 is 6.03 Å². The van der Waals surface area contributed by atoms with E-state index < -0.39 is 6.03 Å². The predicted octanol–water partition coefficient (Wildman–Crippen LogP) is 2.19. The second kappa shape index (κ2) is 8.01. The summed E-state index contributed by atoms with van der Waals surface area (Å²) in [7, 11) is 3.55. The van der Waals surface area contributed by atoms with Crippen molar-refractivity contribution in [3.05, 3.63) is 28.8 Å². The Morgan fingerprint density at radius 1 is 1.46 bits per heavy atom. The molecular weight excluding hydrogens is 328 g/mol. The molecule has 0 bridgehead atoms. The van der Waals surface area contributed by atoms with Gasteiger partial charge in [0.15, 0.2) is 0 Å². The molecule has 0 saturated heterocycles. The molecule has 1 aromatic carbocycles. The van der Waals surface area contributed by atoms with Gasteiger partial charge in [0.2, 0.25) is 11.9 Å². The summed E-state index contributed by atoms with van der Waals surface area (Å²) in [4.78, 5) is 24.1. The van der Waals surface area contributed by atoms with Gasteiger partial charge in [-0.2, -0.15) is 0 Å². The van der Waals surface area contributed by atoms with Crippen LogP contribution >= 0.6 is 11.6 Å². The van der Waals surface area contributed by atoms with Gasteiger partial charge in [-0.25, -0.2) is 9.69 Å². The van der Waals surface area contributed by atoms with E-state index in [9.17, 15) is 4.79 Å². The summed E-state index contributed by atoms with van der Waals surface area (Å²) in [6.07, 6.45) is 2.10. The van der Waals surface area contributed by atoms with Gasteiger partial charge in [0.25, 0.3) is 0 Å². The smallest absolute Gasteiger partial charge is 0.326 e. The van der Waals surface area contributed by atoms with Crippen LogP contribution in [0.3, 0.4) is 0 Å². The molecule has 0 unspecified atom stereocenters. The summed E-state index contributed by atoms with van der Waals surface area (Å²) < 4.78 is 0. The number of anilines is 1. The van der Waals surface area contributed by atoms with Crippen LogP contribution in [0.1, 0.15) is 18.4 Å². The molecule has 1 aromatic rings. The summed E-state index contributed by atoms with van der Waals surface area (Å²) in [5.74, 6) is 0.992. The number of benzene rings is 1. The van der Waals surface area contributed by atoms with Crippen molar-refractivity contribution in [1.29, 1.82) is 0 Å². The van der Waals surface area contributed by atoms with E-state index in [1.165, 1.54) is 4.90 Å². The Morgan fingerprint density at radius 3 is 2.83 bits per heavy atom. The van der Waals surface area contributed by atoms with Crippen molar-refractivity contribution in [2.24, 2.45) is 15.7 Å². The lowest BCUT2D eigenvalue weighted by atomic mass is 10.2. The number of aliphatic imine (C=N–C) groups is 2. The van der Waals surface area contributed by atoms with E-state index in [4.69, 9.17) is 17.3 Å². The second-order valence-electron chi connectivity index (χ2n) is 5.61. The van der Waals surface area contributed by atoms with E-state index in [0.717, 1.165) is 31.5 Å². The Bertz CT molecular complexity index is 673. The van der Waals surface area contributed by atoms with Crippen LogP contribution in [0.4, 0.5) is 10.5 Å². The van der Waals surface area contributed by atoms with Crippen LogP contribution < -0.4 is 16.0 Å². The van der Waals surface area contributed by atoms with E-state index in [2.05, 4.69) is 15.3 Å². The first-order valence-corrected chi connectivity index (χ1v) is 8.17. The molecule has 1 aliphatic heterocycles. The number of primary amides is 1. The minimum Gasteiger partial charge on any atom is -0.351 e. The van der Waals surface area contributed by atoms with Gasteiger partial charge in [0.1, 0.15) is 0 Å². The van der Waals surface area contributed by atoms with Crippen LogP contribution in [0.25, 0.3) is 0 Å². The molecule has 7 nitrogen and oxygen atoms in total. The maximum Gasteiger partial charge on any atom is 0.326 e. The van der Waals surface area contributed by atoms with E-state index >= 15 is 0 Å². The summed E-state index contributed by atoms with van der Waals surface area (Å²) in [5, 5.41) is 3.73. The van der Waals surface area contributed by atoms with Gasteiger partial charge in [-0.15, -0.1) is 0 Å². The molecule has 24 heavy (non-hydrogen) atoms. The van der Waals surface area contributed by atoms with Crippen LogP contribution in [0.2, 0.25) is 5.02 Å². The van der Waals surface area contributed by atoms with E-state index in [1.807, 2.05) is 18.9 Å². The van der Waals surface area contributed by atoms with E-state index in [0.29, 0.717) is 22.6 Å². The van der Waals surface area contributed by atoms with Gasteiger partial charge in [-0.05, 0) is 43.5 Å². The first kappa shape index (κ1) is 18.1. The molecule has 0 fully saturated rings. The van der Waals surface area contributed by atoms with Crippen molar-refractivity contribution in [3.8, 4) is 0 Å². The number of halogens is 1. The fraction of sp³-hybridized carbons (Fsp3) is 0.438. The molecule has 0 aliphatic carbocycles. The van der Waals surface area contributed by atoms with E-state index in [1.54, 1.807) is 25.2 Å². The number of guanidine groups is 2. The number of nitrogens with zero attached hydrogens (tertiary/aromatic N) is 4.